The minimum absolute atomic E-state index is 0.113. The van der Waals surface area contributed by atoms with Crippen LogP contribution in [0.5, 0.6) is 0 Å². The van der Waals surface area contributed by atoms with Gasteiger partial charge in [0.15, 0.2) is 6.10 Å². The highest BCUT2D eigenvalue weighted by atomic mass is 19.4. The quantitative estimate of drug-likeness (QED) is 0.141. The second kappa shape index (κ2) is 15.3. The van der Waals surface area contributed by atoms with Crippen LogP contribution in [0.15, 0.2) is 97.1 Å². The molecular formula is C39H41F3N2O4. The predicted molar refractivity (Wildman–Crippen MR) is 181 cm³/mol. The van der Waals surface area contributed by atoms with Crippen molar-refractivity contribution in [1.82, 2.24) is 0 Å². The Kier molecular flexibility index (Phi) is 11.5. The number of hydrogen-bond donors (Lipinski definition) is 2. The first-order valence-corrected chi connectivity index (χ1v) is 16.0. The Morgan fingerprint density at radius 1 is 0.812 bits per heavy atom. The molecule has 0 spiro atoms. The molecule has 9 heteroatoms. The zero-order chi connectivity index (χ0) is 35.1. The zero-order valence-corrected chi connectivity index (χ0v) is 27.6. The molecule has 0 heterocycles. The van der Waals surface area contributed by atoms with Crippen molar-refractivity contribution in [3.63, 3.8) is 0 Å². The van der Waals surface area contributed by atoms with Crippen LogP contribution >= 0.6 is 0 Å². The van der Waals surface area contributed by atoms with E-state index in [1.54, 1.807) is 36.4 Å². The standard InChI is InChI=1S/C39H41F3N2O4/c1-5-38(6-2,29-12-8-7-9-13-29)35(36(43)46)48-34(45)24-26-16-21-33(28(23-26)22-25(3)4)44-37(47)32-15-11-10-14-31(32)27-17-19-30(20-18-27)39(40,41)42/h7-21,23,25,35H,5-6,22,24H2,1-4H3,(H2,43,46)(H,44,47). The fourth-order valence-corrected chi connectivity index (χ4v) is 6.18. The van der Waals surface area contributed by atoms with Gasteiger partial charge in [-0.3, -0.25) is 14.4 Å². The SMILES string of the molecule is CCC(CC)(c1ccccc1)C(OC(=O)Cc1ccc(NC(=O)c2ccccc2-c2ccc(C(F)(F)F)cc2)c(CC(C)C)c1)C(N)=O. The highest BCUT2D eigenvalue weighted by Gasteiger charge is 2.43. The first-order chi connectivity index (χ1) is 22.8. The highest BCUT2D eigenvalue weighted by molar-refractivity contribution is 6.09. The number of nitrogens with two attached hydrogens (primary N) is 1. The molecule has 0 bridgehead atoms. The van der Waals surface area contributed by atoms with Crippen molar-refractivity contribution in [3.05, 3.63) is 125 Å². The monoisotopic (exact) mass is 658 g/mol. The van der Waals surface area contributed by atoms with E-state index in [1.807, 2.05) is 64.1 Å². The zero-order valence-electron chi connectivity index (χ0n) is 27.6. The van der Waals surface area contributed by atoms with Gasteiger partial charge in [0.2, 0.25) is 0 Å². The minimum Gasteiger partial charge on any atom is -0.451 e. The number of nitrogens with one attached hydrogen (secondary N) is 1. The maximum absolute atomic E-state index is 13.6. The summed E-state index contributed by atoms with van der Waals surface area (Å²) in [7, 11) is 0. The van der Waals surface area contributed by atoms with Gasteiger partial charge < -0.3 is 15.8 Å². The first-order valence-electron chi connectivity index (χ1n) is 16.0. The maximum atomic E-state index is 13.6. The Morgan fingerprint density at radius 3 is 2.02 bits per heavy atom. The van der Waals surface area contributed by atoms with Crippen molar-refractivity contribution in [3.8, 4) is 11.1 Å². The van der Waals surface area contributed by atoms with Crippen molar-refractivity contribution < 1.29 is 32.3 Å². The van der Waals surface area contributed by atoms with Gasteiger partial charge in [-0.05, 0) is 77.3 Å². The highest BCUT2D eigenvalue weighted by Crippen LogP contribution is 2.37. The molecule has 6 nitrogen and oxygen atoms in total. The fraction of sp³-hybridized carbons (Fsp3) is 0.308. The van der Waals surface area contributed by atoms with Gasteiger partial charge in [0.1, 0.15) is 0 Å². The lowest BCUT2D eigenvalue weighted by Gasteiger charge is -2.37. The summed E-state index contributed by atoms with van der Waals surface area (Å²) in [4.78, 5) is 39.6. The minimum atomic E-state index is -4.47. The molecule has 3 N–H and O–H groups in total. The fourth-order valence-electron chi connectivity index (χ4n) is 6.18. The molecule has 48 heavy (non-hydrogen) atoms. The van der Waals surface area contributed by atoms with Gasteiger partial charge >= 0.3 is 12.1 Å². The molecule has 4 aromatic carbocycles. The van der Waals surface area contributed by atoms with Gasteiger partial charge in [-0.2, -0.15) is 13.2 Å². The number of rotatable bonds is 13. The number of hydrogen-bond acceptors (Lipinski definition) is 4. The molecule has 1 atom stereocenters. The molecule has 0 aromatic heterocycles. The lowest BCUT2D eigenvalue weighted by Crippen LogP contribution is -2.50. The third-order valence-corrected chi connectivity index (χ3v) is 8.71. The van der Waals surface area contributed by atoms with Crippen LogP contribution in [0.25, 0.3) is 11.1 Å². The summed E-state index contributed by atoms with van der Waals surface area (Å²) in [6.07, 6.45) is -4.09. The van der Waals surface area contributed by atoms with Gasteiger partial charge in [0.25, 0.3) is 11.8 Å². The number of ether oxygens (including phenoxy) is 1. The number of esters is 1. The van der Waals surface area contributed by atoms with E-state index >= 15 is 0 Å². The van der Waals surface area contributed by atoms with E-state index in [0.717, 1.165) is 23.3 Å². The van der Waals surface area contributed by atoms with Gasteiger partial charge in [0.05, 0.1) is 12.0 Å². The van der Waals surface area contributed by atoms with E-state index in [9.17, 15) is 27.6 Å². The molecule has 0 aliphatic heterocycles. The number of carbonyl (C=O) groups is 3. The summed E-state index contributed by atoms with van der Waals surface area (Å²) in [6.45, 7) is 7.94. The Labute approximate surface area is 279 Å². The third kappa shape index (κ3) is 8.32. The number of amides is 2. The first kappa shape index (κ1) is 35.9. The summed E-state index contributed by atoms with van der Waals surface area (Å²) in [6, 6.07) is 26.1. The normalized spacial score (nSPS) is 12.4. The topological polar surface area (TPSA) is 98.5 Å². The average Bonchev–Trinajstić information content (AvgIpc) is 3.06. The lowest BCUT2D eigenvalue weighted by molar-refractivity contribution is -0.159. The number of carbonyl (C=O) groups excluding carboxylic acids is 3. The average molecular weight is 659 g/mol. The van der Waals surface area contributed by atoms with Gasteiger partial charge in [0, 0.05) is 16.7 Å². The number of anilines is 1. The Hall–Kier alpha value is -4.92. The predicted octanol–water partition coefficient (Wildman–Crippen LogP) is 8.52. The largest absolute Gasteiger partial charge is 0.451 e. The molecule has 252 valence electrons. The Morgan fingerprint density at radius 2 is 1.44 bits per heavy atom. The molecule has 2 amide bonds. The maximum Gasteiger partial charge on any atom is 0.416 e. The van der Waals surface area contributed by atoms with Crippen molar-refractivity contribution >= 4 is 23.5 Å². The van der Waals surface area contributed by atoms with Crippen LogP contribution in [0.4, 0.5) is 18.9 Å². The second-order valence-electron chi connectivity index (χ2n) is 12.3. The molecule has 4 rings (SSSR count). The van der Waals surface area contributed by atoms with Crippen LogP contribution in [-0.4, -0.2) is 23.9 Å². The molecule has 0 radical (unpaired) electrons. The molecule has 0 saturated heterocycles. The molecule has 0 fully saturated rings. The number of benzene rings is 4. The molecule has 1 unspecified atom stereocenters. The van der Waals surface area contributed by atoms with E-state index in [1.165, 1.54) is 12.1 Å². The number of primary amides is 1. The summed E-state index contributed by atoms with van der Waals surface area (Å²) in [5.41, 5.74) is 8.37. The van der Waals surface area contributed by atoms with Crippen molar-refractivity contribution in [2.45, 2.75) is 71.1 Å². The van der Waals surface area contributed by atoms with Crippen LogP contribution in [-0.2, 0) is 38.8 Å². The molecule has 0 saturated carbocycles. The van der Waals surface area contributed by atoms with Gasteiger partial charge in [-0.1, -0.05) is 100 Å². The van der Waals surface area contributed by atoms with Gasteiger partial charge in [-0.25, -0.2) is 0 Å². The number of alkyl halides is 3. The lowest BCUT2D eigenvalue weighted by atomic mass is 9.71. The van der Waals surface area contributed by atoms with E-state index < -0.39 is 41.0 Å². The smallest absolute Gasteiger partial charge is 0.416 e. The van der Waals surface area contributed by atoms with Crippen molar-refractivity contribution in [1.29, 1.82) is 0 Å². The van der Waals surface area contributed by atoms with Gasteiger partial charge in [-0.15, -0.1) is 0 Å². The van der Waals surface area contributed by atoms with E-state index in [4.69, 9.17) is 10.5 Å². The van der Waals surface area contributed by atoms with Crippen LogP contribution in [0, 0.1) is 5.92 Å². The summed E-state index contributed by atoms with van der Waals surface area (Å²) >= 11 is 0. The molecule has 4 aromatic rings. The van der Waals surface area contributed by atoms with E-state index in [-0.39, 0.29) is 12.3 Å². The van der Waals surface area contributed by atoms with E-state index in [2.05, 4.69) is 5.32 Å². The number of halogens is 3. The van der Waals surface area contributed by atoms with E-state index in [0.29, 0.717) is 47.2 Å². The Bertz CT molecular complexity index is 1730. The summed E-state index contributed by atoms with van der Waals surface area (Å²) in [5, 5.41) is 2.96. The molecular weight excluding hydrogens is 617 g/mol. The molecule has 0 aliphatic carbocycles. The molecule has 0 aliphatic rings. The van der Waals surface area contributed by atoms with Crippen molar-refractivity contribution in [2.24, 2.45) is 11.7 Å². The summed E-state index contributed by atoms with van der Waals surface area (Å²) in [5.74, 6) is -1.53. The summed E-state index contributed by atoms with van der Waals surface area (Å²) < 4.78 is 45.2. The van der Waals surface area contributed by atoms with Crippen LogP contribution in [0.2, 0.25) is 0 Å². The van der Waals surface area contributed by atoms with Crippen LogP contribution < -0.4 is 11.1 Å². The second-order valence-corrected chi connectivity index (χ2v) is 12.3. The van der Waals surface area contributed by atoms with Crippen molar-refractivity contribution in [2.75, 3.05) is 5.32 Å². The Balaban J connectivity index is 1.57. The van der Waals surface area contributed by atoms with Crippen LogP contribution in [0.1, 0.15) is 73.1 Å². The third-order valence-electron chi connectivity index (χ3n) is 8.71. The van der Waals surface area contributed by atoms with Crippen LogP contribution in [0.3, 0.4) is 0 Å².